The Balaban J connectivity index is 1.90. The van der Waals surface area contributed by atoms with Crippen LogP contribution in [0.5, 0.6) is 5.75 Å². The van der Waals surface area contributed by atoms with Crippen molar-refractivity contribution in [3.05, 3.63) is 51.9 Å². The van der Waals surface area contributed by atoms with Gasteiger partial charge < -0.3 is 15.0 Å². The van der Waals surface area contributed by atoms with E-state index >= 15 is 0 Å². The molecule has 0 bridgehead atoms. The summed E-state index contributed by atoms with van der Waals surface area (Å²) in [6.45, 7) is 9.06. The summed E-state index contributed by atoms with van der Waals surface area (Å²) >= 11 is 1.67. The van der Waals surface area contributed by atoms with Gasteiger partial charge >= 0.3 is 6.36 Å². The summed E-state index contributed by atoms with van der Waals surface area (Å²) in [5, 5.41) is 3.23. The molecule has 2 heterocycles. The fourth-order valence-electron chi connectivity index (χ4n) is 4.51. The average Bonchev–Trinajstić information content (AvgIpc) is 3.21. The van der Waals surface area contributed by atoms with Gasteiger partial charge in [0, 0.05) is 47.0 Å². The lowest BCUT2D eigenvalue weighted by Gasteiger charge is -2.39. The van der Waals surface area contributed by atoms with Crippen molar-refractivity contribution in [3.8, 4) is 16.9 Å². The van der Waals surface area contributed by atoms with Gasteiger partial charge in [0.15, 0.2) is 0 Å². The molecule has 176 valence electrons. The van der Waals surface area contributed by atoms with E-state index < -0.39 is 6.36 Å². The number of carbonyl (C=O) groups excluding carboxylic acids is 1. The lowest BCUT2D eigenvalue weighted by atomic mass is 9.75. The van der Waals surface area contributed by atoms with Gasteiger partial charge in [-0.3, -0.25) is 4.79 Å². The number of benzene rings is 2. The normalized spacial score (nSPS) is 19.2. The molecule has 2 aliphatic rings. The molecule has 4 nitrogen and oxygen atoms in total. The summed E-state index contributed by atoms with van der Waals surface area (Å²) < 4.78 is 44.0. The third-order valence-electron chi connectivity index (χ3n) is 6.08. The lowest BCUT2D eigenvalue weighted by Crippen LogP contribution is -2.41. The zero-order valence-electron chi connectivity index (χ0n) is 19.1. The predicted octanol–water partition coefficient (Wildman–Crippen LogP) is 6.23. The van der Waals surface area contributed by atoms with Crippen LogP contribution in [0.25, 0.3) is 17.2 Å². The number of amides is 1. The minimum Gasteiger partial charge on any atom is -0.405 e. The fourth-order valence-corrected chi connectivity index (χ4v) is 5.32. The molecule has 1 saturated heterocycles. The van der Waals surface area contributed by atoms with E-state index in [2.05, 4.69) is 10.1 Å². The summed E-state index contributed by atoms with van der Waals surface area (Å²) in [5.41, 5.74) is 4.02. The molecule has 2 aromatic rings. The maximum absolute atomic E-state index is 13.2. The molecule has 0 atom stereocenters. The van der Waals surface area contributed by atoms with Gasteiger partial charge in [0.05, 0.1) is 0 Å². The average molecular weight is 477 g/mol. The zero-order valence-corrected chi connectivity index (χ0v) is 19.9. The number of halogens is 3. The Morgan fingerprint density at radius 3 is 2.61 bits per heavy atom. The van der Waals surface area contributed by atoms with Crippen molar-refractivity contribution < 1.29 is 22.7 Å². The maximum atomic E-state index is 13.2. The van der Waals surface area contributed by atoms with Crippen molar-refractivity contribution in [2.45, 2.75) is 45.9 Å². The topological polar surface area (TPSA) is 41.6 Å². The molecule has 0 saturated carbocycles. The van der Waals surface area contributed by atoms with E-state index in [1.165, 1.54) is 6.07 Å². The second kappa shape index (κ2) is 8.72. The number of alkyl halides is 3. The molecule has 8 heteroatoms. The van der Waals surface area contributed by atoms with Crippen LogP contribution in [0, 0.1) is 6.92 Å². The van der Waals surface area contributed by atoms with Crippen LogP contribution in [0.1, 0.15) is 43.9 Å². The first kappa shape index (κ1) is 23.7. The van der Waals surface area contributed by atoms with Crippen molar-refractivity contribution in [1.29, 1.82) is 0 Å². The molecular formula is C25H27F3N2O2S. The number of thioether (sulfide) groups is 1. The maximum Gasteiger partial charge on any atom is 0.573 e. The number of ether oxygens (including phenoxy) is 1. The molecule has 1 fully saturated rings. The van der Waals surface area contributed by atoms with Crippen LogP contribution in [-0.2, 0) is 10.2 Å². The third kappa shape index (κ3) is 4.92. The number of carbonyl (C=O) groups is 1. The first-order chi connectivity index (χ1) is 15.5. The van der Waals surface area contributed by atoms with Gasteiger partial charge in [-0.25, -0.2) is 0 Å². The third-order valence-corrected chi connectivity index (χ3v) is 7.06. The summed E-state index contributed by atoms with van der Waals surface area (Å²) in [7, 11) is 0. The van der Waals surface area contributed by atoms with Crippen molar-refractivity contribution in [1.82, 2.24) is 5.32 Å². The van der Waals surface area contributed by atoms with Crippen LogP contribution in [0.4, 0.5) is 18.9 Å². The van der Waals surface area contributed by atoms with Gasteiger partial charge in [0.1, 0.15) is 5.75 Å². The number of rotatable bonds is 4. The summed E-state index contributed by atoms with van der Waals surface area (Å²) in [6.07, 6.45) is -2.44. The van der Waals surface area contributed by atoms with Crippen molar-refractivity contribution in [2.24, 2.45) is 0 Å². The lowest BCUT2D eigenvalue weighted by molar-refractivity contribution is -0.274. The molecule has 0 spiro atoms. The molecule has 0 unspecified atom stereocenters. The monoisotopic (exact) mass is 476 g/mol. The molecular weight excluding hydrogens is 449 g/mol. The summed E-state index contributed by atoms with van der Waals surface area (Å²) in [4.78, 5) is 15.6. The highest BCUT2D eigenvalue weighted by molar-refractivity contribution is 8.03. The highest BCUT2D eigenvalue weighted by Crippen LogP contribution is 2.45. The minimum absolute atomic E-state index is 0.0146. The number of nitrogens with zero attached hydrogens (tertiary/aromatic N) is 1. The van der Waals surface area contributed by atoms with Crippen LogP contribution < -0.4 is 15.0 Å². The van der Waals surface area contributed by atoms with E-state index in [0.717, 1.165) is 39.7 Å². The molecule has 1 N–H and O–H groups in total. The molecule has 2 aromatic carbocycles. The molecule has 0 radical (unpaired) electrons. The van der Waals surface area contributed by atoms with Crippen LogP contribution in [-0.4, -0.2) is 31.2 Å². The highest BCUT2D eigenvalue weighted by Gasteiger charge is 2.37. The highest BCUT2D eigenvalue weighted by atomic mass is 32.2. The summed E-state index contributed by atoms with van der Waals surface area (Å²) in [6, 6.07) is 8.57. The van der Waals surface area contributed by atoms with Gasteiger partial charge in [-0.15, -0.1) is 24.9 Å². The number of nitrogens with one attached hydrogen (secondary N) is 1. The van der Waals surface area contributed by atoms with Crippen LogP contribution in [0.2, 0.25) is 0 Å². The Bertz CT molecular complexity index is 1120. The van der Waals surface area contributed by atoms with Crippen LogP contribution >= 0.6 is 11.8 Å². The summed E-state index contributed by atoms with van der Waals surface area (Å²) in [5.74, 6) is 0.573. The number of hydrogen-bond donors (Lipinski definition) is 1. The first-order valence-corrected chi connectivity index (χ1v) is 11.9. The molecule has 4 rings (SSSR count). The zero-order chi connectivity index (χ0) is 24.0. The number of aryl methyl sites for hydroxylation is 1. The minimum atomic E-state index is -4.81. The molecule has 33 heavy (non-hydrogen) atoms. The van der Waals surface area contributed by atoms with E-state index in [4.69, 9.17) is 0 Å². The smallest absolute Gasteiger partial charge is 0.405 e. The van der Waals surface area contributed by atoms with Gasteiger partial charge in [0.2, 0.25) is 5.91 Å². The Kier molecular flexibility index (Phi) is 6.26. The van der Waals surface area contributed by atoms with Gasteiger partial charge in [-0.05, 0) is 60.4 Å². The number of anilines is 1. The van der Waals surface area contributed by atoms with E-state index in [1.54, 1.807) is 28.8 Å². The molecule has 0 aromatic heterocycles. The van der Waals surface area contributed by atoms with Crippen molar-refractivity contribution in [2.75, 3.05) is 23.9 Å². The van der Waals surface area contributed by atoms with Crippen molar-refractivity contribution in [3.63, 3.8) is 0 Å². The second-order valence-electron chi connectivity index (χ2n) is 9.01. The van der Waals surface area contributed by atoms with Gasteiger partial charge in [-0.1, -0.05) is 26.0 Å². The Morgan fingerprint density at radius 2 is 1.97 bits per heavy atom. The van der Waals surface area contributed by atoms with Crippen LogP contribution in [0.15, 0.2) is 35.2 Å². The number of hydrogen-bond acceptors (Lipinski definition) is 4. The molecule has 1 amide bonds. The number of fused-ring (bicyclic) bond motifs is 1. The fraction of sp³-hybridized carbons (Fsp3) is 0.400. The van der Waals surface area contributed by atoms with E-state index in [0.29, 0.717) is 24.1 Å². The first-order valence-electron chi connectivity index (χ1n) is 10.9. The van der Waals surface area contributed by atoms with E-state index in [-0.39, 0.29) is 17.1 Å². The van der Waals surface area contributed by atoms with Gasteiger partial charge in [-0.2, -0.15) is 0 Å². The Morgan fingerprint density at radius 1 is 1.21 bits per heavy atom. The Hall–Kier alpha value is -2.45. The standard InChI is InChI=1S/C25H27F3N2O2S/c1-5-30-21-11-18(15(2)8-20(21)24(3,4)12-23(30)31)19-10-16(9-17-13-29-14-33-17)6-7-22(19)32-25(26,27)28/h6-11,29H,5,12-14H2,1-4H3. The molecule has 0 aliphatic carbocycles. The van der Waals surface area contributed by atoms with E-state index in [9.17, 15) is 18.0 Å². The largest absolute Gasteiger partial charge is 0.573 e. The van der Waals surface area contributed by atoms with E-state index in [1.807, 2.05) is 45.9 Å². The molecule has 2 aliphatic heterocycles. The Labute approximate surface area is 196 Å². The van der Waals surface area contributed by atoms with Gasteiger partial charge in [0.25, 0.3) is 0 Å². The predicted molar refractivity (Wildman–Crippen MR) is 127 cm³/mol. The van der Waals surface area contributed by atoms with Crippen LogP contribution in [0.3, 0.4) is 0 Å². The van der Waals surface area contributed by atoms with Crippen molar-refractivity contribution >= 4 is 29.4 Å². The SMILES string of the molecule is CCN1C(=O)CC(C)(C)c2cc(C)c(-c3cc(C=C4CNCS4)ccc3OC(F)(F)F)cc21. The quantitative estimate of drug-likeness (QED) is 0.568. The second-order valence-corrected chi connectivity index (χ2v) is 10.1.